The molecule has 0 saturated heterocycles. The molecule has 0 aliphatic heterocycles. The van der Waals surface area contributed by atoms with Crippen molar-refractivity contribution in [1.29, 1.82) is 0 Å². The predicted molar refractivity (Wildman–Crippen MR) is 78.1 cm³/mol. The third-order valence-electron chi connectivity index (χ3n) is 5.71. The lowest BCUT2D eigenvalue weighted by Gasteiger charge is -2.60. The third kappa shape index (κ3) is 2.91. The fourth-order valence-electron chi connectivity index (χ4n) is 4.19. The normalized spacial score (nSPS) is 19.9. The van der Waals surface area contributed by atoms with Gasteiger partial charge in [-0.3, -0.25) is 0 Å². The van der Waals surface area contributed by atoms with Crippen LogP contribution >= 0.6 is 0 Å². The number of halogens is 20. The Labute approximate surface area is 193 Å². The van der Waals surface area contributed by atoms with E-state index in [1.807, 2.05) is 0 Å². The minimum absolute atomic E-state index is 3.42. The highest BCUT2D eigenvalue weighted by atomic mass is 19.4. The molecule has 0 aromatic heterocycles. The molecule has 0 N–H and O–H groups in total. The fourth-order valence-corrected chi connectivity index (χ4v) is 4.19. The van der Waals surface area contributed by atoms with Crippen molar-refractivity contribution in [2.24, 2.45) is 0 Å². The molecule has 0 fully saturated rings. The van der Waals surface area contributed by atoms with Crippen LogP contribution in [0.2, 0.25) is 0 Å². The zero-order valence-electron chi connectivity index (χ0n) is 16.6. The van der Waals surface area contributed by atoms with Gasteiger partial charge in [0.2, 0.25) is 5.82 Å². The third-order valence-corrected chi connectivity index (χ3v) is 5.71. The first-order valence-electron chi connectivity index (χ1n) is 8.78. The quantitative estimate of drug-likeness (QED) is 0.193. The smallest absolute Gasteiger partial charge is 0.232 e. The minimum atomic E-state index is -8.22. The van der Waals surface area contributed by atoms with Gasteiger partial charge in [-0.1, -0.05) is 0 Å². The van der Waals surface area contributed by atoms with Crippen molar-refractivity contribution < 1.29 is 87.8 Å². The lowest BCUT2D eigenvalue weighted by molar-refractivity contribution is -0.411. The first-order chi connectivity index (χ1) is 16.8. The van der Waals surface area contributed by atoms with Crippen LogP contribution in [-0.2, 0) is 11.1 Å². The molecule has 38 heavy (non-hydrogen) atoms. The molecule has 2 aromatic carbocycles. The Morgan fingerprint density at radius 1 is 0.342 bits per heavy atom. The van der Waals surface area contributed by atoms with Crippen LogP contribution in [0.3, 0.4) is 0 Å². The minimum Gasteiger partial charge on any atom is -0.232 e. The topological polar surface area (TPSA) is 0 Å². The van der Waals surface area contributed by atoms with Gasteiger partial charge >= 0.3 is 24.2 Å². The first-order valence-corrected chi connectivity index (χ1v) is 8.78. The van der Waals surface area contributed by atoms with Crippen LogP contribution in [-0.4, -0.2) is 24.2 Å². The van der Waals surface area contributed by atoms with Crippen LogP contribution in [0.15, 0.2) is 0 Å². The van der Waals surface area contributed by atoms with Gasteiger partial charge in [-0.25, -0.2) is 43.9 Å². The summed E-state index contributed by atoms with van der Waals surface area (Å²) >= 11 is 0. The van der Waals surface area contributed by atoms with Gasteiger partial charge in [-0.15, -0.1) is 0 Å². The maximum absolute atomic E-state index is 16.2. The lowest BCUT2D eigenvalue weighted by Crippen LogP contribution is -2.80. The molecule has 0 bridgehead atoms. The van der Waals surface area contributed by atoms with Crippen molar-refractivity contribution >= 4 is 0 Å². The van der Waals surface area contributed by atoms with Crippen molar-refractivity contribution in [1.82, 2.24) is 0 Å². The number of alkyl halides is 11. The summed E-state index contributed by atoms with van der Waals surface area (Å²) in [6, 6.07) is 0. The molecule has 0 spiro atoms. The van der Waals surface area contributed by atoms with Crippen LogP contribution in [0.5, 0.6) is 0 Å². The maximum atomic E-state index is 16.2. The average molecular weight is 596 g/mol. The number of fused-ring (bicyclic) bond motifs is 1. The molecular weight excluding hydrogens is 596 g/mol. The summed E-state index contributed by atoms with van der Waals surface area (Å²) < 4.78 is 280. The van der Waals surface area contributed by atoms with E-state index in [-0.39, 0.29) is 0 Å². The lowest BCUT2D eigenvalue weighted by atomic mass is 9.45. The number of hydrogen-bond donors (Lipinski definition) is 0. The van der Waals surface area contributed by atoms with Gasteiger partial charge in [0.25, 0.3) is 0 Å². The summed E-state index contributed by atoms with van der Waals surface area (Å²) in [7, 11) is 0. The van der Waals surface area contributed by atoms with Crippen LogP contribution in [0.4, 0.5) is 87.8 Å². The largest absolute Gasteiger partial charge is 0.454 e. The van der Waals surface area contributed by atoms with Gasteiger partial charge in [0, 0.05) is 11.1 Å². The molecule has 1 aliphatic carbocycles. The van der Waals surface area contributed by atoms with Crippen molar-refractivity contribution in [3.63, 3.8) is 0 Å². The van der Waals surface area contributed by atoms with E-state index in [1.54, 1.807) is 0 Å². The van der Waals surface area contributed by atoms with Gasteiger partial charge in [0.05, 0.1) is 5.56 Å². The highest BCUT2D eigenvalue weighted by Gasteiger charge is 2.97. The number of rotatable bonds is 3. The molecule has 1 atom stereocenters. The summed E-state index contributed by atoms with van der Waals surface area (Å²) in [6.45, 7) is 0. The Morgan fingerprint density at radius 2 is 0.579 bits per heavy atom. The zero-order valence-corrected chi connectivity index (χ0v) is 16.6. The van der Waals surface area contributed by atoms with E-state index in [1.165, 1.54) is 0 Å². The molecule has 1 aliphatic rings. The SMILES string of the molecule is Fc1c(F)c(F)c(C2(F)c3c(F)c(F)c(F)c(F)c3C2(C(F)(F)C(F)(F)F)C(F)(F)C(F)(F)F)c(F)c1F. The van der Waals surface area contributed by atoms with E-state index in [0.29, 0.717) is 0 Å². The molecule has 3 rings (SSSR count). The molecule has 0 heterocycles. The van der Waals surface area contributed by atoms with Crippen LogP contribution < -0.4 is 0 Å². The van der Waals surface area contributed by atoms with Gasteiger partial charge in [-0.2, -0.15) is 43.9 Å². The second-order valence-corrected chi connectivity index (χ2v) is 7.50. The second kappa shape index (κ2) is 7.80. The van der Waals surface area contributed by atoms with E-state index < -0.39 is 104 Å². The molecule has 0 saturated carbocycles. The van der Waals surface area contributed by atoms with E-state index >= 15 is 4.39 Å². The van der Waals surface area contributed by atoms with Gasteiger partial charge in [0.15, 0.2) is 57.6 Å². The summed E-state index contributed by atoms with van der Waals surface area (Å²) in [6.07, 6.45) is -16.0. The highest BCUT2D eigenvalue weighted by molar-refractivity contribution is 5.65. The van der Waals surface area contributed by atoms with E-state index in [4.69, 9.17) is 0 Å². The standard InChI is InChI=1S/C18F20/c19-4-1-2(5(20)9(24)8(4)23)14(15(29,30)17(33,34)35,16(31,32)18(36,37)38)13(1,28)3-6(21)10(25)12(27)11(26)7(3)22. The molecule has 0 nitrogen and oxygen atoms in total. The Kier molecular flexibility index (Phi) is 6.07. The monoisotopic (exact) mass is 596 g/mol. The Hall–Kier alpha value is -2.96. The Morgan fingerprint density at radius 3 is 0.868 bits per heavy atom. The second-order valence-electron chi connectivity index (χ2n) is 7.50. The zero-order chi connectivity index (χ0) is 29.9. The van der Waals surface area contributed by atoms with Crippen molar-refractivity contribution in [3.8, 4) is 0 Å². The molecule has 0 radical (unpaired) electrons. The summed E-state index contributed by atoms with van der Waals surface area (Å²) in [5.41, 5.74) is -26.3. The van der Waals surface area contributed by atoms with E-state index in [9.17, 15) is 83.4 Å². The molecular formula is C18F20. The molecule has 1 unspecified atom stereocenters. The van der Waals surface area contributed by atoms with E-state index in [2.05, 4.69) is 0 Å². The molecule has 0 amide bonds. The molecule has 212 valence electrons. The van der Waals surface area contributed by atoms with Crippen LogP contribution in [0, 0.1) is 52.4 Å². The van der Waals surface area contributed by atoms with Crippen molar-refractivity contribution in [3.05, 3.63) is 69.0 Å². The summed E-state index contributed by atoms with van der Waals surface area (Å²) in [5, 5.41) is 0. The van der Waals surface area contributed by atoms with Gasteiger partial charge in [0.1, 0.15) is 0 Å². The van der Waals surface area contributed by atoms with Gasteiger partial charge < -0.3 is 0 Å². The number of hydrogen-bond acceptors (Lipinski definition) is 0. The molecule has 20 heteroatoms. The summed E-state index contributed by atoms with van der Waals surface area (Å²) in [4.78, 5) is 0. The summed E-state index contributed by atoms with van der Waals surface area (Å²) in [5.74, 6) is -50.0. The Bertz CT molecular complexity index is 1290. The van der Waals surface area contributed by atoms with Crippen molar-refractivity contribution in [2.75, 3.05) is 0 Å². The highest BCUT2D eigenvalue weighted by Crippen LogP contribution is 2.77. The fraction of sp³-hybridized carbons (Fsp3) is 0.333. The predicted octanol–water partition coefficient (Wildman–Crippen LogP) is 7.80. The van der Waals surface area contributed by atoms with Gasteiger partial charge in [-0.05, 0) is 0 Å². The number of benzene rings is 2. The molecule has 2 aromatic rings. The van der Waals surface area contributed by atoms with E-state index in [0.717, 1.165) is 0 Å². The van der Waals surface area contributed by atoms with Crippen LogP contribution in [0.25, 0.3) is 0 Å². The van der Waals surface area contributed by atoms with Crippen LogP contribution in [0.1, 0.15) is 16.7 Å². The average Bonchev–Trinajstić information content (AvgIpc) is 2.75. The maximum Gasteiger partial charge on any atom is 0.454 e. The Balaban J connectivity index is 2.87. The van der Waals surface area contributed by atoms with Crippen molar-refractivity contribution in [2.45, 2.75) is 35.3 Å². The first kappa shape index (κ1) is 29.6.